The number of Topliss-reactive ketones (excluding diaryl/α,β-unsaturated/α-hetero) is 1. The third-order valence-corrected chi connectivity index (χ3v) is 5.55. The molecule has 5 heteroatoms. The van der Waals surface area contributed by atoms with Crippen LogP contribution in [-0.4, -0.2) is 23.5 Å². The molecule has 0 radical (unpaired) electrons. The van der Waals surface area contributed by atoms with E-state index in [1.54, 1.807) is 12.1 Å². The van der Waals surface area contributed by atoms with Gasteiger partial charge in [-0.15, -0.1) is 12.8 Å². The van der Waals surface area contributed by atoms with Crippen LogP contribution in [0.2, 0.25) is 0 Å². The number of benzene rings is 3. The number of fused-ring (bicyclic) bond motifs is 1. The van der Waals surface area contributed by atoms with Crippen molar-refractivity contribution in [3.63, 3.8) is 0 Å². The number of para-hydroxylation sites is 1. The number of rotatable bonds is 5. The molecular formula is C28H20O5. The number of hydrogen-bond donors (Lipinski definition) is 1. The van der Waals surface area contributed by atoms with E-state index in [9.17, 15) is 14.7 Å². The molecule has 3 aromatic rings. The molecule has 3 aromatic carbocycles. The van der Waals surface area contributed by atoms with Crippen LogP contribution >= 0.6 is 0 Å². The largest absolute Gasteiger partial charge is 0.506 e. The molecule has 1 unspecified atom stereocenters. The standard InChI is InChI=1S/C28H20O5/c1-4-20-23(29)15-26(21(5-2)27(20)18-12-10-17(3)11-13-18)32-16-24(30)22-14-19-8-6-7-9-25(19)33-28(22)31/h1-2,6-13,15,22,29H,14,16H2,3H3. The van der Waals surface area contributed by atoms with Gasteiger partial charge in [-0.1, -0.05) is 59.9 Å². The first-order chi connectivity index (χ1) is 15.9. The fourth-order valence-corrected chi connectivity index (χ4v) is 3.81. The summed E-state index contributed by atoms with van der Waals surface area (Å²) in [6.45, 7) is 1.53. The van der Waals surface area contributed by atoms with Crippen LogP contribution in [0.5, 0.6) is 17.2 Å². The van der Waals surface area contributed by atoms with Crippen molar-refractivity contribution in [2.75, 3.05) is 6.61 Å². The van der Waals surface area contributed by atoms with E-state index in [1.807, 2.05) is 43.3 Å². The van der Waals surface area contributed by atoms with E-state index in [0.29, 0.717) is 22.4 Å². The first kappa shape index (κ1) is 21.7. The van der Waals surface area contributed by atoms with Crippen molar-refractivity contribution in [2.24, 2.45) is 5.92 Å². The van der Waals surface area contributed by atoms with Crippen LogP contribution in [0.4, 0.5) is 0 Å². The smallest absolute Gasteiger partial charge is 0.322 e. The zero-order valence-electron chi connectivity index (χ0n) is 17.9. The second-order valence-corrected chi connectivity index (χ2v) is 7.71. The molecule has 0 saturated carbocycles. The minimum Gasteiger partial charge on any atom is -0.506 e. The van der Waals surface area contributed by atoms with E-state index in [4.69, 9.17) is 22.3 Å². The fourth-order valence-electron chi connectivity index (χ4n) is 3.81. The first-order valence-electron chi connectivity index (χ1n) is 10.3. The lowest BCUT2D eigenvalue weighted by atomic mass is 9.92. The highest BCUT2D eigenvalue weighted by Crippen LogP contribution is 2.39. The molecule has 1 N–H and O–H groups in total. The van der Waals surface area contributed by atoms with Gasteiger partial charge in [-0.3, -0.25) is 9.59 Å². The predicted octanol–water partition coefficient (Wildman–Crippen LogP) is 4.06. The third-order valence-electron chi connectivity index (χ3n) is 5.55. The number of terminal acetylenes is 2. The van der Waals surface area contributed by atoms with E-state index >= 15 is 0 Å². The maximum atomic E-state index is 12.8. The molecular weight excluding hydrogens is 416 g/mol. The lowest BCUT2D eigenvalue weighted by Crippen LogP contribution is -2.36. The number of phenolic OH excluding ortho intramolecular Hbond substituents is 1. The molecule has 1 heterocycles. The minimum absolute atomic E-state index is 0.127. The number of aryl methyl sites for hydroxylation is 1. The normalized spacial score (nSPS) is 14.4. The summed E-state index contributed by atoms with van der Waals surface area (Å²) in [7, 11) is 0. The van der Waals surface area contributed by atoms with Crippen molar-refractivity contribution >= 4 is 11.8 Å². The van der Waals surface area contributed by atoms with Gasteiger partial charge in [-0.2, -0.15) is 0 Å². The van der Waals surface area contributed by atoms with E-state index in [-0.39, 0.29) is 23.5 Å². The number of carbonyl (C=O) groups is 2. The molecule has 162 valence electrons. The number of ketones is 1. The Morgan fingerprint density at radius 3 is 2.52 bits per heavy atom. The molecule has 0 amide bonds. The van der Waals surface area contributed by atoms with Gasteiger partial charge in [0.25, 0.3) is 0 Å². The number of hydrogen-bond acceptors (Lipinski definition) is 5. The van der Waals surface area contributed by atoms with Gasteiger partial charge in [0, 0.05) is 11.6 Å². The molecule has 1 aliphatic rings. The van der Waals surface area contributed by atoms with E-state index < -0.39 is 24.3 Å². The zero-order chi connectivity index (χ0) is 23.5. The fraction of sp³-hybridized carbons (Fsp3) is 0.143. The van der Waals surface area contributed by atoms with Crippen LogP contribution < -0.4 is 9.47 Å². The Labute approximate surface area is 192 Å². The summed E-state index contributed by atoms with van der Waals surface area (Å²) in [5, 5.41) is 10.5. The summed E-state index contributed by atoms with van der Waals surface area (Å²) < 4.78 is 11.0. The number of carbonyl (C=O) groups excluding carboxylic acids is 2. The molecule has 5 nitrogen and oxygen atoms in total. The molecule has 1 aliphatic heterocycles. The van der Waals surface area contributed by atoms with E-state index in [2.05, 4.69) is 11.8 Å². The molecule has 0 spiro atoms. The van der Waals surface area contributed by atoms with Crippen molar-refractivity contribution < 1.29 is 24.2 Å². The summed E-state index contributed by atoms with van der Waals surface area (Å²) in [5.74, 6) is 3.39. The average molecular weight is 436 g/mol. The van der Waals surface area contributed by atoms with Crippen LogP contribution in [0, 0.1) is 37.5 Å². The quantitative estimate of drug-likeness (QED) is 0.283. The summed E-state index contributed by atoms with van der Waals surface area (Å²) in [5.41, 5.74) is 3.55. The van der Waals surface area contributed by atoms with E-state index in [1.165, 1.54) is 6.07 Å². The maximum Gasteiger partial charge on any atom is 0.322 e. The van der Waals surface area contributed by atoms with Gasteiger partial charge in [-0.25, -0.2) is 0 Å². The van der Waals surface area contributed by atoms with Crippen LogP contribution in [-0.2, 0) is 16.0 Å². The number of esters is 1. The highest BCUT2D eigenvalue weighted by atomic mass is 16.5. The zero-order valence-corrected chi connectivity index (χ0v) is 17.9. The molecule has 0 bridgehead atoms. The monoisotopic (exact) mass is 436 g/mol. The molecule has 0 aliphatic carbocycles. The Morgan fingerprint density at radius 2 is 1.82 bits per heavy atom. The molecule has 0 fully saturated rings. The highest BCUT2D eigenvalue weighted by Gasteiger charge is 2.34. The highest BCUT2D eigenvalue weighted by molar-refractivity contribution is 6.01. The molecule has 0 aromatic heterocycles. The molecule has 33 heavy (non-hydrogen) atoms. The average Bonchev–Trinajstić information content (AvgIpc) is 2.82. The van der Waals surface area contributed by atoms with Gasteiger partial charge < -0.3 is 14.6 Å². The molecule has 1 atom stereocenters. The summed E-state index contributed by atoms with van der Waals surface area (Å²) in [4.78, 5) is 25.2. The van der Waals surface area contributed by atoms with Crippen molar-refractivity contribution in [3.8, 4) is 53.1 Å². The Kier molecular flexibility index (Phi) is 5.89. The van der Waals surface area contributed by atoms with Gasteiger partial charge in [-0.05, 0) is 30.5 Å². The minimum atomic E-state index is -0.982. The predicted molar refractivity (Wildman–Crippen MR) is 124 cm³/mol. The van der Waals surface area contributed by atoms with Crippen LogP contribution in [0.1, 0.15) is 22.3 Å². The third kappa shape index (κ3) is 4.18. The van der Waals surface area contributed by atoms with Crippen LogP contribution in [0.15, 0.2) is 54.6 Å². The van der Waals surface area contributed by atoms with Crippen molar-refractivity contribution in [1.29, 1.82) is 0 Å². The lowest BCUT2D eigenvalue weighted by molar-refractivity contribution is -0.145. The van der Waals surface area contributed by atoms with Crippen molar-refractivity contribution in [3.05, 3.63) is 76.9 Å². The molecule has 4 rings (SSSR count). The second kappa shape index (κ2) is 8.94. The number of phenols is 1. The molecule has 0 saturated heterocycles. The van der Waals surface area contributed by atoms with E-state index in [0.717, 1.165) is 11.1 Å². The summed E-state index contributed by atoms with van der Waals surface area (Å²) in [6.07, 6.45) is 11.7. The lowest BCUT2D eigenvalue weighted by Gasteiger charge is -2.22. The Balaban J connectivity index is 1.63. The van der Waals surface area contributed by atoms with Crippen molar-refractivity contribution in [1.82, 2.24) is 0 Å². The van der Waals surface area contributed by atoms with Gasteiger partial charge in [0.1, 0.15) is 29.8 Å². The van der Waals surface area contributed by atoms with Gasteiger partial charge in [0.05, 0.1) is 11.1 Å². The van der Waals surface area contributed by atoms with Gasteiger partial charge in [0.15, 0.2) is 5.78 Å². The van der Waals surface area contributed by atoms with Gasteiger partial charge in [0.2, 0.25) is 0 Å². The van der Waals surface area contributed by atoms with Crippen molar-refractivity contribution in [2.45, 2.75) is 13.3 Å². The Bertz CT molecular complexity index is 1340. The maximum absolute atomic E-state index is 12.8. The Morgan fingerprint density at radius 1 is 1.12 bits per heavy atom. The van der Waals surface area contributed by atoms with Gasteiger partial charge >= 0.3 is 5.97 Å². The number of ether oxygens (including phenoxy) is 2. The summed E-state index contributed by atoms with van der Waals surface area (Å²) in [6, 6.07) is 15.9. The SMILES string of the molecule is C#Cc1c(O)cc(OCC(=O)C2Cc3ccccc3OC2=O)c(C#C)c1-c1ccc(C)cc1. The van der Waals surface area contributed by atoms with Crippen LogP contribution in [0.25, 0.3) is 11.1 Å². The topological polar surface area (TPSA) is 72.8 Å². The van der Waals surface area contributed by atoms with Crippen LogP contribution in [0.3, 0.4) is 0 Å². The second-order valence-electron chi connectivity index (χ2n) is 7.71. The number of aromatic hydroxyl groups is 1. The summed E-state index contributed by atoms with van der Waals surface area (Å²) >= 11 is 0. The Hall–Kier alpha value is -4.48. The first-order valence-corrected chi connectivity index (χ1v) is 10.3.